The number of aliphatic hydroxyl groups excluding tert-OH is 1. The molecule has 1 heterocycles. The third-order valence-electron chi connectivity index (χ3n) is 5.45. The zero-order valence-electron chi connectivity index (χ0n) is 19.3. The summed E-state index contributed by atoms with van der Waals surface area (Å²) in [4.78, 5) is 29.6. The second-order valence-corrected chi connectivity index (χ2v) is 8.05. The highest BCUT2D eigenvalue weighted by molar-refractivity contribution is 6.46. The quantitative estimate of drug-likeness (QED) is 0.258. The fourth-order valence-corrected chi connectivity index (χ4v) is 3.84. The first kappa shape index (κ1) is 24.1. The minimum absolute atomic E-state index is 0.0675. The maximum atomic E-state index is 13.1. The SMILES string of the molecule is C=CCOc1ccc(C2C(=C(O)c3cccc(OC)c3)C(=O)C(=O)N2CCCN(C)C)cc1. The molecule has 1 saturated heterocycles. The number of amides is 1. The highest BCUT2D eigenvalue weighted by Gasteiger charge is 2.45. The van der Waals surface area contributed by atoms with Crippen LogP contribution in [0.1, 0.15) is 23.6 Å². The van der Waals surface area contributed by atoms with E-state index in [2.05, 4.69) is 6.58 Å². The summed E-state index contributed by atoms with van der Waals surface area (Å²) in [6.45, 7) is 5.16. The molecule has 1 fully saturated rings. The molecule has 2 aromatic carbocycles. The van der Waals surface area contributed by atoms with E-state index in [1.165, 1.54) is 12.0 Å². The van der Waals surface area contributed by atoms with Crippen molar-refractivity contribution in [1.82, 2.24) is 9.80 Å². The Hall–Kier alpha value is -3.58. The van der Waals surface area contributed by atoms with Crippen LogP contribution in [0.2, 0.25) is 0 Å². The number of carbonyl (C=O) groups is 2. The van der Waals surface area contributed by atoms with Gasteiger partial charge in [0, 0.05) is 12.1 Å². The number of likely N-dealkylation sites (tertiary alicyclic amines) is 1. The summed E-state index contributed by atoms with van der Waals surface area (Å²) >= 11 is 0. The van der Waals surface area contributed by atoms with Gasteiger partial charge in [0.25, 0.3) is 11.7 Å². The van der Waals surface area contributed by atoms with Gasteiger partial charge in [0.05, 0.1) is 18.7 Å². The Morgan fingerprint density at radius 3 is 2.52 bits per heavy atom. The number of benzene rings is 2. The van der Waals surface area contributed by atoms with E-state index >= 15 is 0 Å². The summed E-state index contributed by atoms with van der Waals surface area (Å²) in [5.41, 5.74) is 1.20. The number of nitrogens with zero attached hydrogens (tertiary/aromatic N) is 2. The third-order valence-corrected chi connectivity index (χ3v) is 5.45. The fraction of sp³-hybridized carbons (Fsp3) is 0.308. The second-order valence-electron chi connectivity index (χ2n) is 8.05. The van der Waals surface area contributed by atoms with E-state index in [0.717, 1.165) is 12.1 Å². The monoisotopic (exact) mass is 450 g/mol. The van der Waals surface area contributed by atoms with Gasteiger partial charge in [-0.2, -0.15) is 0 Å². The number of hydrogen-bond donors (Lipinski definition) is 1. The Morgan fingerprint density at radius 2 is 1.88 bits per heavy atom. The van der Waals surface area contributed by atoms with Crippen LogP contribution in [0.15, 0.2) is 66.8 Å². The first-order valence-electron chi connectivity index (χ1n) is 10.8. The molecule has 0 saturated carbocycles. The fourth-order valence-electron chi connectivity index (χ4n) is 3.84. The molecule has 0 aromatic heterocycles. The van der Waals surface area contributed by atoms with E-state index in [1.807, 2.05) is 31.1 Å². The van der Waals surface area contributed by atoms with Crippen molar-refractivity contribution in [2.75, 3.05) is 40.9 Å². The molecule has 7 heteroatoms. The summed E-state index contributed by atoms with van der Waals surface area (Å²) in [7, 11) is 5.44. The van der Waals surface area contributed by atoms with Gasteiger partial charge in [0.1, 0.15) is 23.9 Å². The van der Waals surface area contributed by atoms with Crippen LogP contribution < -0.4 is 9.47 Å². The van der Waals surface area contributed by atoms with E-state index in [9.17, 15) is 14.7 Å². The molecule has 1 amide bonds. The summed E-state index contributed by atoms with van der Waals surface area (Å²) in [5, 5.41) is 11.1. The smallest absolute Gasteiger partial charge is 0.295 e. The summed E-state index contributed by atoms with van der Waals surface area (Å²) in [5.74, 6) is -0.345. The van der Waals surface area contributed by atoms with Crippen molar-refractivity contribution in [3.05, 3.63) is 77.9 Å². The normalized spacial score (nSPS) is 17.5. The van der Waals surface area contributed by atoms with Crippen LogP contribution >= 0.6 is 0 Å². The maximum absolute atomic E-state index is 13.1. The number of hydrogen-bond acceptors (Lipinski definition) is 6. The largest absolute Gasteiger partial charge is 0.507 e. The van der Waals surface area contributed by atoms with E-state index < -0.39 is 17.7 Å². The number of methoxy groups -OCH3 is 1. The Labute approximate surface area is 194 Å². The molecular weight excluding hydrogens is 420 g/mol. The molecule has 33 heavy (non-hydrogen) atoms. The zero-order valence-corrected chi connectivity index (χ0v) is 19.3. The van der Waals surface area contributed by atoms with Gasteiger partial charge in [0.2, 0.25) is 0 Å². The molecule has 0 bridgehead atoms. The van der Waals surface area contributed by atoms with Crippen LogP contribution in [-0.2, 0) is 9.59 Å². The van der Waals surface area contributed by atoms with Crippen LogP contribution in [0.25, 0.3) is 5.76 Å². The predicted molar refractivity (Wildman–Crippen MR) is 127 cm³/mol. The second kappa shape index (κ2) is 10.8. The minimum atomic E-state index is -0.702. The molecule has 174 valence electrons. The van der Waals surface area contributed by atoms with Gasteiger partial charge < -0.3 is 24.4 Å². The Balaban J connectivity index is 2.06. The molecule has 1 unspecified atom stereocenters. The molecule has 7 nitrogen and oxygen atoms in total. The van der Waals surface area contributed by atoms with E-state index in [4.69, 9.17) is 9.47 Å². The molecule has 0 spiro atoms. The topological polar surface area (TPSA) is 79.3 Å². The molecule has 3 rings (SSSR count). The highest BCUT2D eigenvalue weighted by Crippen LogP contribution is 2.40. The lowest BCUT2D eigenvalue weighted by atomic mass is 9.95. The summed E-state index contributed by atoms with van der Waals surface area (Å²) in [6.07, 6.45) is 2.35. The van der Waals surface area contributed by atoms with Crippen LogP contribution in [0, 0.1) is 0 Å². The van der Waals surface area contributed by atoms with E-state index in [0.29, 0.717) is 36.6 Å². The predicted octanol–water partition coefficient (Wildman–Crippen LogP) is 3.63. The molecule has 1 aliphatic rings. The van der Waals surface area contributed by atoms with Crippen molar-refractivity contribution in [2.24, 2.45) is 0 Å². The van der Waals surface area contributed by atoms with Gasteiger partial charge in [-0.05, 0) is 56.9 Å². The van der Waals surface area contributed by atoms with Gasteiger partial charge >= 0.3 is 0 Å². The number of rotatable bonds is 10. The number of ketones is 1. The standard InChI is InChI=1S/C26H30N2O5/c1-5-16-33-20-12-10-18(11-13-20)23-22(24(29)19-8-6-9-21(17-19)32-4)25(30)26(31)28(23)15-7-14-27(2)3/h5-6,8-13,17,23,29H,1,7,14-16H2,2-4H3. The van der Waals surface area contributed by atoms with Crippen molar-refractivity contribution >= 4 is 17.4 Å². The molecule has 0 radical (unpaired) electrons. The molecule has 1 atom stereocenters. The Morgan fingerprint density at radius 1 is 1.15 bits per heavy atom. The van der Waals surface area contributed by atoms with Gasteiger partial charge in [0.15, 0.2) is 0 Å². The number of Topliss-reactive ketones (excluding diaryl/α,β-unsaturated/α-hetero) is 1. The first-order valence-corrected chi connectivity index (χ1v) is 10.8. The number of carbonyl (C=O) groups excluding carboxylic acids is 2. The van der Waals surface area contributed by atoms with Crippen molar-refractivity contribution < 1.29 is 24.2 Å². The number of aliphatic hydroxyl groups is 1. The summed E-state index contributed by atoms with van der Waals surface area (Å²) in [6, 6.07) is 13.3. The van der Waals surface area contributed by atoms with Gasteiger partial charge in [-0.15, -0.1) is 0 Å². The summed E-state index contributed by atoms with van der Waals surface area (Å²) < 4.78 is 10.8. The van der Waals surface area contributed by atoms with E-state index in [-0.39, 0.29) is 11.3 Å². The van der Waals surface area contributed by atoms with Crippen molar-refractivity contribution in [2.45, 2.75) is 12.5 Å². The van der Waals surface area contributed by atoms with E-state index in [1.54, 1.807) is 42.5 Å². The average Bonchev–Trinajstić information content (AvgIpc) is 3.07. The van der Waals surface area contributed by atoms with Crippen molar-refractivity contribution in [1.29, 1.82) is 0 Å². The zero-order chi connectivity index (χ0) is 24.0. The van der Waals surface area contributed by atoms with Crippen LogP contribution in [0.4, 0.5) is 0 Å². The van der Waals surface area contributed by atoms with Gasteiger partial charge in [-0.1, -0.05) is 36.9 Å². The lowest BCUT2D eigenvalue weighted by Gasteiger charge is -2.26. The molecular formula is C26H30N2O5. The van der Waals surface area contributed by atoms with Crippen molar-refractivity contribution in [3.8, 4) is 11.5 Å². The van der Waals surface area contributed by atoms with Crippen LogP contribution in [0.3, 0.4) is 0 Å². The van der Waals surface area contributed by atoms with Crippen LogP contribution in [-0.4, -0.2) is 67.5 Å². The van der Waals surface area contributed by atoms with Crippen LogP contribution in [0.5, 0.6) is 11.5 Å². The van der Waals surface area contributed by atoms with Gasteiger partial charge in [-0.25, -0.2) is 0 Å². The van der Waals surface area contributed by atoms with Gasteiger partial charge in [-0.3, -0.25) is 9.59 Å². The molecule has 1 N–H and O–H groups in total. The lowest BCUT2D eigenvalue weighted by molar-refractivity contribution is -0.139. The first-order chi connectivity index (χ1) is 15.9. The lowest BCUT2D eigenvalue weighted by Crippen LogP contribution is -2.32. The average molecular weight is 451 g/mol. The minimum Gasteiger partial charge on any atom is -0.507 e. The molecule has 0 aliphatic carbocycles. The number of ether oxygens (including phenoxy) is 2. The third kappa shape index (κ3) is 5.43. The molecule has 1 aliphatic heterocycles. The molecule has 2 aromatic rings. The Kier molecular flexibility index (Phi) is 7.90. The Bertz CT molecular complexity index is 1040. The maximum Gasteiger partial charge on any atom is 0.295 e. The van der Waals surface area contributed by atoms with Crippen molar-refractivity contribution in [3.63, 3.8) is 0 Å². The highest BCUT2D eigenvalue weighted by atomic mass is 16.5.